The lowest BCUT2D eigenvalue weighted by Crippen LogP contribution is -2.28. The van der Waals surface area contributed by atoms with Gasteiger partial charge in [0.25, 0.3) is 0 Å². The van der Waals surface area contributed by atoms with Crippen molar-refractivity contribution in [3.63, 3.8) is 0 Å². The zero-order valence-electron chi connectivity index (χ0n) is 24.6. The first-order valence-electron chi connectivity index (χ1n) is 14.7. The Morgan fingerprint density at radius 1 is 0.744 bits per heavy atom. The molecular weight excluding hydrogens is 490 g/mol. The Kier molecular flexibility index (Phi) is 15.8. The fraction of sp³-hybridized carbons (Fsp3) is 0.576. The Morgan fingerprint density at radius 2 is 1.36 bits per heavy atom. The van der Waals surface area contributed by atoms with Crippen molar-refractivity contribution in [3.8, 4) is 11.5 Å². The molecule has 6 heteroatoms. The monoisotopic (exact) mass is 539 g/mol. The molecular formula is C33H49NO5. The van der Waals surface area contributed by atoms with E-state index in [2.05, 4.69) is 6.92 Å². The molecule has 0 saturated carbocycles. The quantitative estimate of drug-likeness (QED) is 0.125. The largest absolute Gasteiger partial charge is 0.497 e. The van der Waals surface area contributed by atoms with Gasteiger partial charge in [-0.25, -0.2) is 0 Å². The molecule has 0 heterocycles. The van der Waals surface area contributed by atoms with Gasteiger partial charge in [-0.05, 0) is 41.8 Å². The van der Waals surface area contributed by atoms with Gasteiger partial charge in [-0.15, -0.1) is 0 Å². The van der Waals surface area contributed by atoms with E-state index in [4.69, 9.17) is 14.2 Å². The highest BCUT2D eigenvalue weighted by atomic mass is 16.5. The molecule has 39 heavy (non-hydrogen) atoms. The maximum atomic E-state index is 12.6. The number of carbonyl (C=O) groups is 2. The molecule has 0 aliphatic heterocycles. The second-order valence-electron chi connectivity index (χ2n) is 10.3. The number of methoxy groups -OCH3 is 1. The van der Waals surface area contributed by atoms with Crippen LogP contribution in [-0.4, -0.2) is 25.6 Å². The summed E-state index contributed by atoms with van der Waals surface area (Å²) in [5, 5.41) is 0. The van der Waals surface area contributed by atoms with E-state index in [9.17, 15) is 9.59 Å². The highest BCUT2D eigenvalue weighted by Gasteiger charge is 2.15. The maximum Gasteiger partial charge on any atom is 0.302 e. The number of ether oxygens (including phenoxy) is 3. The van der Waals surface area contributed by atoms with E-state index in [0.29, 0.717) is 18.9 Å². The minimum absolute atomic E-state index is 0.0820. The van der Waals surface area contributed by atoms with Crippen LogP contribution >= 0.6 is 0 Å². The molecule has 0 spiro atoms. The normalized spacial score (nSPS) is 10.8. The molecule has 0 unspecified atom stereocenters. The fourth-order valence-electron chi connectivity index (χ4n) is 4.62. The molecule has 2 aromatic rings. The van der Waals surface area contributed by atoms with Crippen molar-refractivity contribution in [1.29, 1.82) is 0 Å². The molecule has 0 aromatic heterocycles. The molecule has 1 amide bonds. The average molecular weight is 540 g/mol. The lowest BCUT2D eigenvalue weighted by molar-refractivity contribution is -0.142. The maximum absolute atomic E-state index is 12.6. The van der Waals surface area contributed by atoms with Crippen molar-refractivity contribution in [2.45, 2.75) is 111 Å². The number of anilines is 1. The number of benzene rings is 2. The topological polar surface area (TPSA) is 65.1 Å². The first-order valence-corrected chi connectivity index (χ1v) is 14.7. The zero-order chi connectivity index (χ0) is 28.3. The minimum Gasteiger partial charge on any atom is -0.497 e. The van der Waals surface area contributed by atoms with E-state index in [1.54, 1.807) is 18.9 Å². The van der Waals surface area contributed by atoms with Crippen LogP contribution in [0.25, 0.3) is 0 Å². The van der Waals surface area contributed by atoms with Gasteiger partial charge in [0.15, 0.2) is 0 Å². The van der Waals surface area contributed by atoms with Gasteiger partial charge in [0, 0.05) is 25.6 Å². The molecule has 2 rings (SSSR count). The smallest absolute Gasteiger partial charge is 0.302 e. The Labute approximate surface area is 236 Å². The third-order valence-corrected chi connectivity index (χ3v) is 6.83. The van der Waals surface area contributed by atoms with E-state index in [1.807, 2.05) is 42.5 Å². The summed E-state index contributed by atoms with van der Waals surface area (Å²) in [6.07, 6.45) is 15.7. The van der Waals surface area contributed by atoms with Crippen LogP contribution in [0.15, 0.2) is 42.5 Å². The summed E-state index contributed by atoms with van der Waals surface area (Å²) < 4.78 is 16.7. The number of nitrogens with zero attached hydrogens (tertiary/aromatic N) is 1. The second kappa shape index (κ2) is 19.1. The van der Waals surface area contributed by atoms with E-state index in [-0.39, 0.29) is 18.5 Å². The van der Waals surface area contributed by atoms with E-state index in [1.165, 1.54) is 77.6 Å². The van der Waals surface area contributed by atoms with Gasteiger partial charge < -0.3 is 19.1 Å². The first-order chi connectivity index (χ1) is 18.9. The summed E-state index contributed by atoms with van der Waals surface area (Å²) in [6.45, 7) is 6.40. The van der Waals surface area contributed by atoms with Crippen LogP contribution in [0.5, 0.6) is 11.5 Å². The van der Waals surface area contributed by atoms with Crippen LogP contribution in [0.2, 0.25) is 0 Å². The number of hydrogen-bond acceptors (Lipinski definition) is 5. The zero-order valence-corrected chi connectivity index (χ0v) is 24.6. The van der Waals surface area contributed by atoms with Crippen LogP contribution in [0.1, 0.15) is 109 Å². The van der Waals surface area contributed by atoms with E-state index < -0.39 is 0 Å². The van der Waals surface area contributed by atoms with Crippen molar-refractivity contribution in [2.24, 2.45) is 0 Å². The highest BCUT2D eigenvalue weighted by molar-refractivity contribution is 5.91. The number of rotatable bonds is 20. The summed E-state index contributed by atoms with van der Waals surface area (Å²) in [7, 11) is 1.63. The third kappa shape index (κ3) is 13.6. The number of hydrogen-bond donors (Lipinski definition) is 0. The first kappa shape index (κ1) is 32.2. The summed E-state index contributed by atoms with van der Waals surface area (Å²) in [4.78, 5) is 25.4. The summed E-state index contributed by atoms with van der Waals surface area (Å²) in [5.74, 6) is 1.03. The molecule has 0 fully saturated rings. The van der Waals surface area contributed by atoms with Gasteiger partial charge >= 0.3 is 5.97 Å². The molecule has 6 nitrogen and oxygen atoms in total. The van der Waals surface area contributed by atoms with Crippen LogP contribution in [0.3, 0.4) is 0 Å². The van der Waals surface area contributed by atoms with Gasteiger partial charge in [-0.1, -0.05) is 89.7 Å². The molecule has 0 atom stereocenters. The molecule has 2 aromatic carbocycles. The molecule has 0 bridgehead atoms. The molecule has 216 valence electrons. The number of amides is 1. The highest BCUT2D eigenvalue weighted by Crippen LogP contribution is 2.26. The summed E-state index contributed by atoms with van der Waals surface area (Å²) in [5.41, 5.74) is 2.49. The number of unbranched alkanes of at least 4 members (excludes halogenated alkanes) is 11. The van der Waals surface area contributed by atoms with Crippen LogP contribution < -0.4 is 14.4 Å². The van der Waals surface area contributed by atoms with Gasteiger partial charge in [0.2, 0.25) is 5.91 Å². The molecule has 0 aliphatic carbocycles. The standard InChI is InChI=1S/C33H49NO5/c1-5-6-7-8-9-10-11-12-13-14-15-16-20-38-33-23-30(22-32(24-33)37-4)25-34(27(2)35)31-19-17-18-29(21-31)26-39-28(3)36/h17-19,21-24H,5-16,20,25-26H2,1-4H3. The van der Waals surface area contributed by atoms with Crippen LogP contribution in [0.4, 0.5) is 5.69 Å². The van der Waals surface area contributed by atoms with Crippen molar-refractivity contribution in [3.05, 3.63) is 53.6 Å². The lowest BCUT2D eigenvalue weighted by atomic mass is 10.1. The average Bonchev–Trinajstić information content (AvgIpc) is 2.93. The van der Waals surface area contributed by atoms with E-state index >= 15 is 0 Å². The van der Waals surface area contributed by atoms with E-state index in [0.717, 1.165) is 29.0 Å². The Morgan fingerprint density at radius 3 is 1.95 bits per heavy atom. The van der Waals surface area contributed by atoms with Gasteiger partial charge in [-0.2, -0.15) is 0 Å². The third-order valence-electron chi connectivity index (χ3n) is 6.83. The van der Waals surface area contributed by atoms with Crippen LogP contribution in [-0.2, 0) is 27.5 Å². The van der Waals surface area contributed by atoms with Gasteiger partial charge in [0.1, 0.15) is 18.1 Å². The Bertz CT molecular complexity index is 990. The number of carbonyl (C=O) groups excluding carboxylic acids is 2. The fourth-order valence-corrected chi connectivity index (χ4v) is 4.62. The second-order valence-corrected chi connectivity index (χ2v) is 10.3. The molecule has 0 saturated heterocycles. The van der Waals surface area contributed by atoms with Gasteiger partial charge in [0.05, 0.1) is 20.3 Å². The summed E-state index contributed by atoms with van der Waals surface area (Å²) >= 11 is 0. The molecule has 0 radical (unpaired) electrons. The Balaban J connectivity index is 1.82. The molecule has 0 aliphatic rings. The number of esters is 1. The van der Waals surface area contributed by atoms with Gasteiger partial charge in [-0.3, -0.25) is 9.59 Å². The lowest BCUT2D eigenvalue weighted by Gasteiger charge is -2.23. The van der Waals surface area contributed by atoms with Crippen molar-refractivity contribution in [1.82, 2.24) is 0 Å². The molecule has 0 N–H and O–H groups in total. The summed E-state index contributed by atoms with van der Waals surface area (Å²) in [6, 6.07) is 13.3. The SMILES string of the molecule is CCCCCCCCCCCCCCOc1cc(CN(C(C)=O)c2cccc(COC(C)=O)c2)cc(OC)c1. The Hall–Kier alpha value is -3.02. The van der Waals surface area contributed by atoms with Crippen LogP contribution in [0, 0.1) is 0 Å². The predicted molar refractivity (Wildman–Crippen MR) is 158 cm³/mol. The predicted octanol–water partition coefficient (Wildman–Crippen LogP) is 8.39. The van der Waals surface area contributed by atoms with Crippen molar-refractivity contribution < 1.29 is 23.8 Å². The van der Waals surface area contributed by atoms with Crippen molar-refractivity contribution >= 4 is 17.6 Å². The minimum atomic E-state index is -0.337. The van der Waals surface area contributed by atoms with Crippen molar-refractivity contribution in [2.75, 3.05) is 18.6 Å².